The van der Waals surface area contributed by atoms with Gasteiger partial charge in [-0.05, 0) is 30.4 Å². The quantitative estimate of drug-likeness (QED) is 0.905. The Morgan fingerprint density at radius 2 is 2.35 bits per heavy atom. The summed E-state index contributed by atoms with van der Waals surface area (Å²) in [5, 5.41) is 15.1. The van der Waals surface area contributed by atoms with Crippen molar-refractivity contribution in [2.45, 2.75) is 26.7 Å². The van der Waals surface area contributed by atoms with Gasteiger partial charge in [0, 0.05) is 6.42 Å². The van der Waals surface area contributed by atoms with Gasteiger partial charge in [0.15, 0.2) is 5.76 Å². The van der Waals surface area contributed by atoms with Gasteiger partial charge in [-0.3, -0.25) is 0 Å². The van der Waals surface area contributed by atoms with Crippen molar-refractivity contribution in [3.8, 4) is 10.6 Å². The van der Waals surface area contributed by atoms with Crippen LogP contribution in [-0.4, -0.2) is 16.2 Å². The molecule has 0 spiro atoms. The van der Waals surface area contributed by atoms with E-state index in [1.54, 1.807) is 0 Å². The highest BCUT2D eigenvalue weighted by molar-refractivity contribution is 7.13. The Labute approximate surface area is 103 Å². The Kier molecular flexibility index (Phi) is 3.28. The van der Waals surface area contributed by atoms with E-state index in [0.717, 1.165) is 16.9 Å². The van der Waals surface area contributed by atoms with Gasteiger partial charge < -0.3 is 9.63 Å². The number of nitrogens with zero attached hydrogens (tertiary/aromatic N) is 1. The lowest BCUT2D eigenvalue weighted by atomic mass is 10.1. The van der Waals surface area contributed by atoms with Gasteiger partial charge in [-0.1, -0.05) is 12.1 Å². The van der Waals surface area contributed by atoms with E-state index in [1.807, 2.05) is 25.3 Å². The van der Waals surface area contributed by atoms with Crippen molar-refractivity contribution in [1.29, 1.82) is 0 Å². The van der Waals surface area contributed by atoms with Crippen LogP contribution >= 0.6 is 11.3 Å². The van der Waals surface area contributed by atoms with Crippen LogP contribution in [0.1, 0.15) is 35.0 Å². The Morgan fingerprint density at radius 3 is 2.88 bits per heavy atom. The van der Waals surface area contributed by atoms with E-state index in [0.29, 0.717) is 17.9 Å². The average molecular weight is 251 g/mol. The van der Waals surface area contributed by atoms with Crippen LogP contribution in [-0.2, 0) is 6.42 Å². The monoisotopic (exact) mass is 251 g/mol. The third kappa shape index (κ3) is 2.10. The van der Waals surface area contributed by atoms with Crippen LogP contribution in [0.15, 0.2) is 16.0 Å². The number of carbonyl (C=O) groups is 1. The highest BCUT2D eigenvalue weighted by atomic mass is 32.1. The third-order valence-corrected chi connectivity index (χ3v) is 3.55. The lowest BCUT2D eigenvalue weighted by molar-refractivity contribution is 0.0695. The molecule has 0 aliphatic heterocycles. The first-order valence-electron chi connectivity index (χ1n) is 5.41. The summed E-state index contributed by atoms with van der Waals surface area (Å²) in [5.41, 5.74) is 1.68. The molecule has 17 heavy (non-hydrogen) atoms. The van der Waals surface area contributed by atoms with E-state index < -0.39 is 5.97 Å². The highest BCUT2D eigenvalue weighted by Crippen LogP contribution is 2.32. The first kappa shape index (κ1) is 11.9. The maximum atomic E-state index is 11.3. The molecule has 0 atom stereocenters. The van der Waals surface area contributed by atoms with Crippen molar-refractivity contribution in [2.24, 2.45) is 0 Å². The SMILES string of the molecule is CCCc1onc(-c2sccc2C)c1C(=O)O. The molecule has 4 nitrogen and oxygen atoms in total. The molecule has 90 valence electrons. The molecule has 0 aromatic carbocycles. The second kappa shape index (κ2) is 4.71. The van der Waals surface area contributed by atoms with Gasteiger partial charge >= 0.3 is 5.97 Å². The summed E-state index contributed by atoms with van der Waals surface area (Å²) in [6.45, 7) is 3.91. The van der Waals surface area contributed by atoms with E-state index in [1.165, 1.54) is 11.3 Å². The van der Waals surface area contributed by atoms with Crippen molar-refractivity contribution < 1.29 is 14.4 Å². The Morgan fingerprint density at radius 1 is 1.59 bits per heavy atom. The van der Waals surface area contributed by atoms with Gasteiger partial charge in [0.05, 0.1) is 4.88 Å². The minimum absolute atomic E-state index is 0.206. The van der Waals surface area contributed by atoms with Gasteiger partial charge in [0.25, 0.3) is 0 Å². The Bertz CT molecular complexity index is 542. The van der Waals surface area contributed by atoms with Crippen molar-refractivity contribution in [3.05, 3.63) is 28.3 Å². The number of aromatic carboxylic acids is 1. The Balaban J connectivity index is 2.55. The lowest BCUT2D eigenvalue weighted by Gasteiger charge is -1.97. The number of aromatic nitrogens is 1. The molecule has 0 unspecified atom stereocenters. The third-order valence-electron chi connectivity index (χ3n) is 2.53. The number of aryl methyl sites for hydroxylation is 2. The zero-order chi connectivity index (χ0) is 12.4. The van der Waals surface area contributed by atoms with Crippen LogP contribution < -0.4 is 0 Å². The molecule has 5 heteroatoms. The molecular formula is C12H13NO3S. The number of hydrogen-bond acceptors (Lipinski definition) is 4. The first-order valence-corrected chi connectivity index (χ1v) is 6.29. The molecule has 0 amide bonds. The Hall–Kier alpha value is -1.62. The van der Waals surface area contributed by atoms with Gasteiger partial charge in [0.1, 0.15) is 11.3 Å². The topological polar surface area (TPSA) is 63.3 Å². The molecule has 0 saturated heterocycles. The predicted octanol–water partition coefficient (Wildman–Crippen LogP) is 3.36. The number of carboxylic acids is 1. The molecule has 2 rings (SSSR count). The van der Waals surface area contributed by atoms with E-state index in [4.69, 9.17) is 4.52 Å². The van der Waals surface area contributed by atoms with Crippen molar-refractivity contribution >= 4 is 17.3 Å². The molecule has 0 aliphatic carbocycles. The summed E-state index contributed by atoms with van der Waals surface area (Å²) < 4.78 is 5.15. The summed E-state index contributed by atoms with van der Waals surface area (Å²) in [6.07, 6.45) is 1.43. The molecule has 2 aromatic rings. The molecule has 0 saturated carbocycles. The first-order chi connectivity index (χ1) is 8.15. The van der Waals surface area contributed by atoms with Gasteiger partial charge in [-0.2, -0.15) is 0 Å². The van der Waals surface area contributed by atoms with Crippen molar-refractivity contribution in [3.63, 3.8) is 0 Å². The number of carboxylic acid groups (broad SMARTS) is 1. The highest BCUT2D eigenvalue weighted by Gasteiger charge is 2.24. The predicted molar refractivity (Wildman–Crippen MR) is 65.5 cm³/mol. The largest absolute Gasteiger partial charge is 0.477 e. The fraction of sp³-hybridized carbons (Fsp3) is 0.333. The van der Waals surface area contributed by atoms with Crippen LogP contribution in [0.2, 0.25) is 0 Å². The molecule has 0 aliphatic rings. The number of rotatable bonds is 4. The maximum absolute atomic E-state index is 11.3. The summed E-state index contributed by atoms with van der Waals surface area (Å²) in [4.78, 5) is 12.2. The molecule has 2 aromatic heterocycles. The number of thiophene rings is 1. The summed E-state index contributed by atoms with van der Waals surface area (Å²) in [6, 6.07) is 1.94. The summed E-state index contributed by atoms with van der Waals surface area (Å²) in [5.74, 6) is -0.514. The standard InChI is InChI=1S/C12H13NO3S/c1-3-4-8-9(12(14)15)10(13-16-8)11-7(2)5-6-17-11/h5-6H,3-4H2,1-2H3,(H,14,15). The molecule has 2 heterocycles. The summed E-state index contributed by atoms with van der Waals surface area (Å²) >= 11 is 1.48. The normalized spacial score (nSPS) is 10.7. The smallest absolute Gasteiger partial charge is 0.341 e. The van der Waals surface area contributed by atoms with Crippen molar-refractivity contribution in [2.75, 3.05) is 0 Å². The van der Waals surface area contributed by atoms with Gasteiger partial charge in [0.2, 0.25) is 0 Å². The minimum Gasteiger partial charge on any atom is -0.477 e. The van der Waals surface area contributed by atoms with Crippen LogP contribution in [0, 0.1) is 6.92 Å². The zero-order valence-corrected chi connectivity index (χ0v) is 10.5. The van der Waals surface area contributed by atoms with Crippen molar-refractivity contribution in [1.82, 2.24) is 5.16 Å². The molecular weight excluding hydrogens is 238 g/mol. The fourth-order valence-electron chi connectivity index (χ4n) is 1.71. The van der Waals surface area contributed by atoms with E-state index in [-0.39, 0.29) is 5.56 Å². The van der Waals surface area contributed by atoms with Gasteiger partial charge in [-0.15, -0.1) is 11.3 Å². The lowest BCUT2D eigenvalue weighted by Crippen LogP contribution is -2.01. The molecule has 0 bridgehead atoms. The molecule has 0 radical (unpaired) electrons. The van der Waals surface area contributed by atoms with E-state index >= 15 is 0 Å². The molecule has 1 N–H and O–H groups in total. The van der Waals surface area contributed by atoms with Crippen LogP contribution in [0.25, 0.3) is 10.6 Å². The maximum Gasteiger partial charge on any atom is 0.341 e. The van der Waals surface area contributed by atoms with E-state index in [9.17, 15) is 9.90 Å². The van der Waals surface area contributed by atoms with Crippen LogP contribution in [0.4, 0.5) is 0 Å². The molecule has 0 fully saturated rings. The van der Waals surface area contributed by atoms with Gasteiger partial charge in [-0.25, -0.2) is 4.79 Å². The minimum atomic E-state index is -0.975. The second-order valence-corrected chi connectivity index (χ2v) is 4.73. The average Bonchev–Trinajstić information content (AvgIpc) is 2.84. The zero-order valence-electron chi connectivity index (χ0n) is 9.69. The van der Waals surface area contributed by atoms with Crippen LogP contribution in [0.3, 0.4) is 0 Å². The van der Waals surface area contributed by atoms with Crippen LogP contribution in [0.5, 0.6) is 0 Å². The summed E-state index contributed by atoms with van der Waals surface area (Å²) in [7, 11) is 0. The van der Waals surface area contributed by atoms with E-state index in [2.05, 4.69) is 5.16 Å². The number of hydrogen-bond donors (Lipinski definition) is 1. The second-order valence-electron chi connectivity index (χ2n) is 3.82. The fourth-order valence-corrected chi connectivity index (χ4v) is 2.63.